The fraction of sp³-hybridized carbons (Fsp3) is 0.632. The number of ether oxygens (including phenoxy) is 1. The second kappa shape index (κ2) is 15.3. The Morgan fingerprint density at radius 3 is 2.48 bits per heavy atom. The number of para-hydroxylation sites is 1. The number of benzene rings is 1. The first-order chi connectivity index (χ1) is 11.7. The van der Waals surface area contributed by atoms with E-state index in [9.17, 15) is 0 Å². The lowest BCUT2D eigenvalue weighted by atomic mass is 10.2. The number of hydrogen-bond acceptors (Lipinski definition) is 3. The average Bonchev–Trinajstić information content (AvgIpc) is 2.62. The molecule has 25 heavy (non-hydrogen) atoms. The highest BCUT2D eigenvalue weighted by Gasteiger charge is 2.05. The van der Waals surface area contributed by atoms with Crippen LogP contribution in [0.2, 0.25) is 0 Å². The Bertz CT molecular complexity index is 478. The highest BCUT2D eigenvalue weighted by molar-refractivity contribution is 14.0. The SMILES string of the molecule is CCCCNC(=NC)NCc1ccccc1OCCN(CC)CC.I. The Hall–Kier alpha value is -1.02. The van der Waals surface area contributed by atoms with Crippen molar-refractivity contribution in [3.05, 3.63) is 29.8 Å². The van der Waals surface area contributed by atoms with E-state index in [1.165, 1.54) is 6.42 Å². The van der Waals surface area contributed by atoms with Crippen LogP contribution in [-0.2, 0) is 6.54 Å². The maximum absolute atomic E-state index is 5.99. The molecular weight excluding hydrogens is 427 g/mol. The summed E-state index contributed by atoms with van der Waals surface area (Å²) in [6, 6.07) is 8.19. The molecule has 1 aromatic rings. The summed E-state index contributed by atoms with van der Waals surface area (Å²) in [4.78, 5) is 6.62. The smallest absolute Gasteiger partial charge is 0.191 e. The zero-order chi connectivity index (χ0) is 17.6. The molecule has 1 aromatic carbocycles. The monoisotopic (exact) mass is 462 g/mol. The Morgan fingerprint density at radius 2 is 1.84 bits per heavy atom. The van der Waals surface area contributed by atoms with Crippen LogP contribution in [-0.4, -0.2) is 50.7 Å². The molecule has 0 fully saturated rings. The number of hydrogen-bond donors (Lipinski definition) is 2. The number of nitrogens with one attached hydrogen (secondary N) is 2. The van der Waals surface area contributed by atoms with E-state index in [1.54, 1.807) is 7.05 Å². The molecule has 0 aliphatic heterocycles. The van der Waals surface area contributed by atoms with Crippen LogP contribution in [0.3, 0.4) is 0 Å². The third-order valence-corrected chi connectivity index (χ3v) is 4.02. The van der Waals surface area contributed by atoms with Crippen molar-refractivity contribution >= 4 is 29.9 Å². The minimum atomic E-state index is 0. The maximum Gasteiger partial charge on any atom is 0.191 e. The van der Waals surface area contributed by atoms with E-state index in [0.717, 1.165) is 49.9 Å². The summed E-state index contributed by atoms with van der Waals surface area (Å²) in [5, 5.41) is 6.68. The highest BCUT2D eigenvalue weighted by atomic mass is 127. The van der Waals surface area contributed by atoms with Crippen LogP contribution in [0.5, 0.6) is 5.75 Å². The van der Waals surface area contributed by atoms with E-state index < -0.39 is 0 Å². The predicted molar refractivity (Wildman–Crippen MR) is 118 cm³/mol. The molecule has 0 radical (unpaired) electrons. The molecular formula is C19H35IN4O. The minimum Gasteiger partial charge on any atom is -0.492 e. The lowest BCUT2D eigenvalue weighted by molar-refractivity contribution is 0.221. The van der Waals surface area contributed by atoms with Gasteiger partial charge in [-0.1, -0.05) is 45.4 Å². The average molecular weight is 462 g/mol. The van der Waals surface area contributed by atoms with Crippen molar-refractivity contribution in [2.75, 3.05) is 39.8 Å². The van der Waals surface area contributed by atoms with Crippen molar-refractivity contribution < 1.29 is 4.74 Å². The second-order valence-corrected chi connectivity index (χ2v) is 5.69. The number of rotatable bonds is 11. The number of aliphatic imine (C=N–C) groups is 1. The molecule has 0 saturated heterocycles. The van der Waals surface area contributed by atoms with Gasteiger partial charge in [0.1, 0.15) is 12.4 Å². The Morgan fingerprint density at radius 1 is 1.12 bits per heavy atom. The van der Waals surface area contributed by atoms with E-state index in [2.05, 4.69) is 47.4 Å². The number of likely N-dealkylation sites (N-methyl/N-ethyl adjacent to an activating group) is 1. The molecule has 0 aliphatic carbocycles. The molecule has 0 unspecified atom stereocenters. The van der Waals surface area contributed by atoms with Crippen LogP contribution < -0.4 is 15.4 Å². The van der Waals surface area contributed by atoms with Gasteiger partial charge >= 0.3 is 0 Å². The summed E-state index contributed by atoms with van der Waals surface area (Å²) in [5.41, 5.74) is 1.15. The standard InChI is InChI=1S/C19H34N4O.HI/c1-5-8-13-21-19(20-4)22-16-17-11-9-10-12-18(17)24-15-14-23(6-2)7-3;/h9-12H,5-8,13-16H2,1-4H3,(H2,20,21,22);1H. The topological polar surface area (TPSA) is 48.9 Å². The molecule has 144 valence electrons. The summed E-state index contributed by atoms with van der Waals surface area (Å²) in [6.07, 6.45) is 2.32. The Balaban J connectivity index is 0.00000576. The van der Waals surface area contributed by atoms with Crippen molar-refractivity contribution in [2.24, 2.45) is 4.99 Å². The van der Waals surface area contributed by atoms with Crippen LogP contribution in [0.4, 0.5) is 0 Å². The van der Waals surface area contributed by atoms with Crippen molar-refractivity contribution in [2.45, 2.75) is 40.2 Å². The molecule has 1 rings (SSSR count). The zero-order valence-corrected chi connectivity index (χ0v) is 18.5. The molecule has 0 bridgehead atoms. The molecule has 0 atom stereocenters. The fourth-order valence-corrected chi connectivity index (χ4v) is 2.40. The summed E-state index contributed by atoms with van der Waals surface area (Å²) < 4.78 is 5.99. The van der Waals surface area contributed by atoms with Crippen LogP contribution in [0.1, 0.15) is 39.2 Å². The van der Waals surface area contributed by atoms with Gasteiger partial charge in [-0.3, -0.25) is 4.99 Å². The summed E-state index contributed by atoms with van der Waals surface area (Å²) in [7, 11) is 1.80. The van der Waals surface area contributed by atoms with Gasteiger partial charge < -0.3 is 20.3 Å². The first kappa shape index (κ1) is 24.0. The van der Waals surface area contributed by atoms with E-state index in [0.29, 0.717) is 13.2 Å². The van der Waals surface area contributed by atoms with Crippen molar-refractivity contribution in [1.82, 2.24) is 15.5 Å². The minimum absolute atomic E-state index is 0. The summed E-state index contributed by atoms with van der Waals surface area (Å²) in [5.74, 6) is 1.78. The second-order valence-electron chi connectivity index (χ2n) is 5.69. The summed E-state index contributed by atoms with van der Waals surface area (Å²) >= 11 is 0. The van der Waals surface area contributed by atoms with Crippen molar-refractivity contribution in [3.8, 4) is 5.75 Å². The Labute approximate surface area is 170 Å². The molecule has 6 heteroatoms. The molecule has 5 nitrogen and oxygen atoms in total. The molecule has 0 aliphatic rings. The van der Waals surface area contributed by atoms with E-state index >= 15 is 0 Å². The number of guanidine groups is 1. The lowest BCUT2D eigenvalue weighted by Crippen LogP contribution is -2.37. The van der Waals surface area contributed by atoms with Gasteiger partial charge in [-0.2, -0.15) is 0 Å². The van der Waals surface area contributed by atoms with Crippen molar-refractivity contribution in [1.29, 1.82) is 0 Å². The van der Waals surface area contributed by atoms with Gasteiger partial charge in [0, 0.05) is 32.2 Å². The van der Waals surface area contributed by atoms with E-state index in [1.807, 2.05) is 18.2 Å². The van der Waals surface area contributed by atoms with Crippen LogP contribution in [0.25, 0.3) is 0 Å². The number of nitrogens with zero attached hydrogens (tertiary/aromatic N) is 2. The third-order valence-electron chi connectivity index (χ3n) is 4.02. The molecule has 0 saturated carbocycles. The van der Waals surface area contributed by atoms with Crippen LogP contribution in [0.15, 0.2) is 29.3 Å². The molecule has 0 spiro atoms. The quantitative estimate of drug-likeness (QED) is 0.229. The zero-order valence-electron chi connectivity index (χ0n) is 16.2. The lowest BCUT2D eigenvalue weighted by Gasteiger charge is -2.19. The van der Waals surface area contributed by atoms with Gasteiger partial charge in [0.15, 0.2) is 5.96 Å². The van der Waals surface area contributed by atoms with Gasteiger partial charge in [0.25, 0.3) is 0 Å². The van der Waals surface area contributed by atoms with E-state index in [4.69, 9.17) is 4.74 Å². The first-order valence-corrected chi connectivity index (χ1v) is 9.12. The maximum atomic E-state index is 5.99. The van der Waals surface area contributed by atoms with Gasteiger partial charge in [-0.05, 0) is 25.6 Å². The Kier molecular flexibility index (Phi) is 14.6. The van der Waals surface area contributed by atoms with Crippen molar-refractivity contribution in [3.63, 3.8) is 0 Å². The van der Waals surface area contributed by atoms with Gasteiger partial charge in [-0.25, -0.2) is 0 Å². The van der Waals surface area contributed by atoms with Gasteiger partial charge in [0.2, 0.25) is 0 Å². The predicted octanol–water partition coefficient (Wildman–Crippen LogP) is 3.49. The van der Waals surface area contributed by atoms with Gasteiger partial charge in [-0.15, -0.1) is 24.0 Å². The first-order valence-electron chi connectivity index (χ1n) is 9.12. The summed E-state index contributed by atoms with van der Waals surface area (Å²) in [6.45, 7) is 12.0. The normalized spacial score (nSPS) is 11.2. The van der Waals surface area contributed by atoms with Gasteiger partial charge in [0.05, 0.1) is 0 Å². The molecule has 0 amide bonds. The molecule has 0 aromatic heterocycles. The largest absolute Gasteiger partial charge is 0.492 e. The molecule has 2 N–H and O–H groups in total. The highest BCUT2D eigenvalue weighted by Crippen LogP contribution is 2.17. The molecule has 0 heterocycles. The van der Waals surface area contributed by atoms with Crippen LogP contribution in [0, 0.1) is 0 Å². The van der Waals surface area contributed by atoms with E-state index in [-0.39, 0.29) is 24.0 Å². The fourth-order valence-electron chi connectivity index (χ4n) is 2.40. The number of unbranched alkanes of at least 4 members (excludes halogenated alkanes) is 1. The third kappa shape index (κ3) is 9.89. The van der Waals surface area contributed by atoms with Crippen LogP contribution >= 0.6 is 24.0 Å². The number of halogens is 1.